The van der Waals surface area contributed by atoms with Gasteiger partial charge in [0.2, 0.25) is 5.88 Å². The summed E-state index contributed by atoms with van der Waals surface area (Å²) in [4.78, 5) is 10.9. The molecule has 3 aromatic heterocycles. The second kappa shape index (κ2) is 7.07. The lowest BCUT2D eigenvalue weighted by Gasteiger charge is -2.49. The first kappa shape index (κ1) is 18.0. The summed E-state index contributed by atoms with van der Waals surface area (Å²) in [5.41, 5.74) is 2.92. The molecule has 2 fully saturated rings. The molecule has 5 heterocycles. The summed E-state index contributed by atoms with van der Waals surface area (Å²) < 4.78 is 5.48. The molecule has 2 aliphatic rings. The quantitative estimate of drug-likeness (QED) is 0.652. The van der Waals surface area contributed by atoms with Gasteiger partial charge in [-0.15, -0.1) is 10.2 Å². The number of rotatable bonds is 5. The Morgan fingerprint density at radius 3 is 2.66 bits per heavy atom. The minimum atomic E-state index is 0.437. The van der Waals surface area contributed by atoms with E-state index in [1.54, 1.807) is 20.4 Å². The molecule has 0 N–H and O–H groups in total. The van der Waals surface area contributed by atoms with Gasteiger partial charge in [0.1, 0.15) is 11.4 Å². The lowest BCUT2D eigenvalue weighted by atomic mass is 9.99. The number of anilines is 1. The molecule has 0 aliphatic carbocycles. The number of ether oxygens (including phenoxy) is 1. The summed E-state index contributed by atoms with van der Waals surface area (Å²) in [6, 6.07) is 8.56. The Kier molecular flexibility index (Phi) is 4.39. The Labute approximate surface area is 169 Å². The SMILES string of the molecule is COc1nc(-c2ccc(N(C)C3CC4CCCN43)nn2)ccc1-c1cnn(C)n1. The maximum absolute atomic E-state index is 5.48. The molecule has 5 rings (SSSR count). The van der Waals surface area contributed by atoms with Crippen LogP contribution in [0.2, 0.25) is 0 Å². The average Bonchev–Trinajstić information content (AvgIpc) is 3.33. The topological polar surface area (TPSA) is 85.1 Å². The number of fused-ring (bicyclic) bond motifs is 1. The highest BCUT2D eigenvalue weighted by atomic mass is 16.5. The van der Waals surface area contributed by atoms with Crippen molar-refractivity contribution in [1.82, 2.24) is 35.1 Å². The van der Waals surface area contributed by atoms with Crippen LogP contribution in [0.15, 0.2) is 30.5 Å². The molecule has 9 heteroatoms. The molecule has 0 bridgehead atoms. The van der Waals surface area contributed by atoms with E-state index in [4.69, 9.17) is 4.74 Å². The van der Waals surface area contributed by atoms with Gasteiger partial charge in [-0.1, -0.05) is 0 Å². The van der Waals surface area contributed by atoms with Crippen molar-refractivity contribution in [3.8, 4) is 28.5 Å². The third kappa shape index (κ3) is 3.11. The molecule has 0 amide bonds. The largest absolute Gasteiger partial charge is 0.480 e. The van der Waals surface area contributed by atoms with Crippen molar-refractivity contribution in [2.75, 3.05) is 25.6 Å². The molecule has 2 atom stereocenters. The van der Waals surface area contributed by atoms with Crippen molar-refractivity contribution in [3.63, 3.8) is 0 Å². The van der Waals surface area contributed by atoms with Gasteiger partial charge in [0.15, 0.2) is 5.82 Å². The van der Waals surface area contributed by atoms with Crippen molar-refractivity contribution in [3.05, 3.63) is 30.5 Å². The van der Waals surface area contributed by atoms with Gasteiger partial charge in [0, 0.05) is 26.7 Å². The van der Waals surface area contributed by atoms with Gasteiger partial charge in [-0.2, -0.15) is 15.0 Å². The van der Waals surface area contributed by atoms with Crippen LogP contribution in [0.5, 0.6) is 5.88 Å². The summed E-state index contributed by atoms with van der Waals surface area (Å²) in [5, 5.41) is 17.3. The van der Waals surface area contributed by atoms with E-state index in [1.807, 2.05) is 24.3 Å². The van der Waals surface area contributed by atoms with Gasteiger partial charge in [-0.3, -0.25) is 4.90 Å². The average molecular weight is 392 g/mol. The first-order chi connectivity index (χ1) is 14.1. The van der Waals surface area contributed by atoms with Crippen LogP contribution >= 0.6 is 0 Å². The van der Waals surface area contributed by atoms with E-state index in [2.05, 4.69) is 42.2 Å². The van der Waals surface area contributed by atoms with E-state index in [-0.39, 0.29) is 0 Å². The second-order valence-corrected chi connectivity index (χ2v) is 7.61. The monoisotopic (exact) mass is 392 g/mol. The normalized spacial score (nSPS) is 20.9. The Balaban J connectivity index is 1.37. The van der Waals surface area contributed by atoms with Crippen molar-refractivity contribution in [2.45, 2.75) is 31.5 Å². The first-order valence-corrected chi connectivity index (χ1v) is 9.88. The highest BCUT2D eigenvalue weighted by molar-refractivity contribution is 5.68. The maximum atomic E-state index is 5.48. The van der Waals surface area contributed by atoms with Crippen molar-refractivity contribution in [1.29, 1.82) is 0 Å². The highest BCUT2D eigenvalue weighted by Gasteiger charge is 2.43. The van der Waals surface area contributed by atoms with Crippen LogP contribution in [0, 0.1) is 0 Å². The van der Waals surface area contributed by atoms with Crippen LogP contribution in [0.1, 0.15) is 19.3 Å². The fourth-order valence-corrected chi connectivity index (χ4v) is 4.33. The van der Waals surface area contributed by atoms with Crippen molar-refractivity contribution in [2.24, 2.45) is 7.05 Å². The van der Waals surface area contributed by atoms with E-state index in [0.29, 0.717) is 29.1 Å². The maximum Gasteiger partial charge on any atom is 0.223 e. The summed E-state index contributed by atoms with van der Waals surface area (Å²) in [6.45, 7) is 1.19. The van der Waals surface area contributed by atoms with Crippen molar-refractivity contribution >= 4 is 5.82 Å². The van der Waals surface area contributed by atoms with E-state index < -0.39 is 0 Å². The molecule has 9 nitrogen and oxygen atoms in total. The zero-order valence-electron chi connectivity index (χ0n) is 16.9. The van der Waals surface area contributed by atoms with E-state index in [0.717, 1.165) is 17.4 Å². The Morgan fingerprint density at radius 1 is 1.10 bits per heavy atom. The Hall–Kier alpha value is -3.07. The molecule has 0 spiro atoms. The highest BCUT2D eigenvalue weighted by Crippen LogP contribution is 2.37. The minimum absolute atomic E-state index is 0.437. The van der Waals surface area contributed by atoms with Crippen molar-refractivity contribution < 1.29 is 4.74 Å². The third-order valence-corrected chi connectivity index (χ3v) is 5.94. The zero-order chi connectivity index (χ0) is 20.0. The first-order valence-electron chi connectivity index (χ1n) is 9.88. The fraction of sp³-hybridized carbons (Fsp3) is 0.450. The molecule has 0 aromatic carbocycles. The number of aromatic nitrogens is 6. The number of pyridine rings is 1. The molecule has 0 radical (unpaired) electrons. The van der Waals surface area contributed by atoms with Gasteiger partial charge in [-0.05, 0) is 43.5 Å². The van der Waals surface area contributed by atoms with E-state index in [1.165, 1.54) is 30.6 Å². The van der Waals surface area contributed by atoms with Gasteiger partial charge < -0.3 is 9.64 Å². The molecule has 3 aromatic rings. The number of nitrogens with zero attached hydrogens (tertiary/aromatic N) is 8. The Morgan fingerprint density at radius 2 is 1.97 bits per heavy atom. The predicted octanol–water partition coefficient (Wildman–Crippen LogP) is 1.97. The van der Waals surface area contributed by atoms with Crippen LogP contribution in [-0.4, -0.2) is 68.0 Å². The molecular weight excluding hydrogens is 368 g/mol. The summed E-state index contributed by atoms with van der Waals surface area (Å²) in [5.74, 6) is 1.37. The minimum Gasteiger partial charge on any atom is -0.480 e. The van der Waals surface area contributed by atoms with Gasteiger partial charge in [0.25, 0.3) is 0 Å². The van der Waals surface area contributed by atoms with E-state index >= 15 is 0 Å². The molecule has 0 saturated carbocycles. The predicted molar refractivity (Wildman–Crippen MR) is 108 cm³/mol. The van der Waals surface area contributed by atoms with Crippen LogP contribution in [-0.2, 0) is 7.05 Å². The smallest absolute Gasteiger partial charge is 0.223 e. The molecular formula is C20H24N8O. The fourth-order valence-electron chi connectivity index (χ4n) is 4.33. The molecule has 150 valence electrons. The van der Waals surface area contributed by atoms with Crippen LogP contribution in [0.3, 0.4) is 0 Å². The lowest BCUT2D eigenvalue weighted by molar-refractivity contribution is 0.0550. The standard InChI is InChI=1S/C20H24N8O/c1-26(19-11-13-5-4-10-28(13)19)18-9-8-16(23-24-18)15-7-6-14(20(22-15)29-3)17-12-21-27(2)25-17/h6-9,12-13,19H,4-5,10-11H2,1-3H3. The number of hydrogen-bond acceptors (Lipinski definition) is 8. The molecule has 2 saturated heterocycles. The molecule has 2 unspecified atom stereocenters. The molecule has 29 heavy (non-hydrogen) atoms. The second-order valence-electron chi connectivity index (χ2n) is 7.61. The number of hydrogen-bond donors (Lipinski definition) is 0. The number of methoxy groups -OCH3 is 1. The van der Waals surface area contributed by atoms with Crippen LogP contribution in [0.25, 0.3) is 22.6 Å². The van der Waals surface area contributed by atoms with Crippen LogP contribution in [0.4, 0.5) is 5.82 Å². The summed E-state index contributed by atoms with van der Waals surface area (Å²) in [6.07, 6.45) is 5.97. The van der Waals surface area contributed by atoms with Gasteiger partial charge >= 0.3 is 0 Å². The van der Waals surface area contributed by atoms with E-state index in [9.17, 15) is 0 Å². The van der Waals surface area contributed by atoms with Gasteiger partial charge in [-0.25, -0.2) is 4.98 Å². The Bertz CT molecular complexity index is 1020. The van der Waals surface area contributed by atoms with Gasteiger partial charge in [0.05, 0.1) is 30.7 Å². The number of aryl methyl sites for hydroxylation is 1. The zero-order valence-corrected chi connectivity index (χ0v) is 16.9. The molecule has 2 aliphatic heterocycles. The summed E-state index contributed by atoms with van der Waals surface area (Å²) in [7, 11) is 5.47. The summed E-state index contributed by atoms with van der Waals surface area (Å²) >= 11 is 0. The lowest BCUT2D eigenvalue weighted by Crippen LogP contribution is -2.59. The van der Waals surface area contributed by atoms with Crippen LogP contribution < -0.4 is 9.64 Å². The third-order valence-electron chi connectivity index (χ3n) is 5.94.